The summed E-state index contributed by atoms with van der Waals surface area (Å²) in [6.45, 7) is 1.94. The van der Waals surface area contributed by atoms with Gasteiger partial charge in [-0.05, 0) is 31.2 Å². The quantitative estimate of drug-likeness (QED) is 0.822. The lowest BCUT2D eigenvalue weighted by Gasteiger charge is -2.10. The van der Waals surface area contributed by atoms with Gasteiger partial charge in [-0.2, -0.15) is 0 Å². The number of nitrogens with two attached hydrogens (primary N) is 1. The maximum Gasteiger partial charge on any atom is 0.340 e. The maximum atomic E-state index is 13.7. The van der Waals surface area contributed by atoms with Crippen LogP contribution in [0.1, 0.15) is 17.3 Å². The van der Waals surface area contributed by atoms with E-state index in [0.29, 0.717) is 10.3 Å². The number of anilines is 3. The second-order valence-electron chi connectivity index (χ2n) is 4.13. The Balaban J connectivity index is 2.31. The minimum atomic E-state index is -0.546. The fourth-order valence-electron chi connectivity index (χ4n) is 1.65. The van der Waals surface area contributed by atoms with Crippen LogP contribution in [0.5, 0.6) is 0 Å². The molecule has 0 aliphatic rings. The molecular formula is C14H13BrFN3O2. The molecule has 1 aromatic heterocycles. The van der Waals surface area contributed by atoms with Gasteiger partial charge in [-0.15, -0.1) is 0 Å². The van der Waals surface area contributed by atoms with Gasteiger partial charge >= 0.3 is 5.97 Å². The molecule has 1 heterocycles. The number of aromatic nitrogens is 1. The van der Waals surface area contributed by atoms with E-state index in [9.17, 15) is 9.18 Å². The Labute approximate surface area is 129 Å². The van der Waals surface area contributed by atoms with Gasteiger partial charge in [0.15, 0.2) is 0 Å². The summed E-state index contributed by atoms with van der Waals surface area (Å²) in [4.78, 5) is 15.8. The van der Waals surface area contributed by atoms with E-state index < -0.39 is 11.8 Å². The summed E-state index contributed by atoms with van der Waals surface area (Å²) < 4.78 is 19.3. The molecule has 0 spiro atoms. The van der Waals surface area contributed by atoms with Crippen molar-refractivity contribution in [3.8, 4) is 0 Å². The highest BCUT2D eigenvalue weighted by molar-refractivity contribution is 9.10. The van der Waals surface area contributed by atoms with E-state index in [4.69, 9.17) is 10.5 Å². The molecule has 0 fully saturated rings. The van der Waals surface area contributed by atoms with Crippen LogP contribution in [-0.4, -0.2) is 17.6 Å². The highest BCUT2D eigenvalue weighted by Crippen LogP contribution is 2.24. The van der Waals surface area contributed by atoms with Crippen molar-refractivity contribution in [3.05, 3.63) is 46.3 Å². The lowest BCUT2D eigenvalue weighted by atomic mass is 10.2. The number of nitrogens with zero attached hydrogens (tertiary/aromatic N) is 1. The largest absolute Gasteiger partial charge is 0.462 e. The number of carbonyl (C=O) groups is 1. The number of rotatable bonds is 4. The average molecular weight is 354 g/mol. The summed E-state index contributed by atoms with van der Waals surface area (Å²) in [5, 5.41) is 2.80. The molecule has 2 aromatic rings. The third kappa shape index (κ3) is 3.69. The van der Waals surface area contributed by atoms with Crippen molar-refractivity contribution in [1.29, 1.82) is 0 Å². The number of benzene rings is 1. The molecular weight excluding hydrogens is 341 g/mol. The number of hydrogen-bond donors (Lipinski definition) is 2. The number of nitrogens with one attached hydrogen (secondary N) is 1. The summed E-state index contributed by atoms with van der Waals surface area (Å²) in [7, 11) is 0. The second kappa shape index (κ2) is 6.53. The van der Waals surface area contributed by atoms with Crippen LogP contribution < -0.4 is 11.1 Å². The fraction of sp³-hybridized carbons (Fsp3) is 0.143. The van der Waals surface area contributed by atoms with Crippen LogP contribution in [0.15, 0.2) is 34.9 Å². The van der Waals surface area contributed by atoms with Gasteiger partial charge in [-0.25, -0.2) is 14.2 Å². The van der Waals surface area contributed by atoms with E-state index in [-0.39, 0.29) is 23.5 Å². The molecule has 0 atom stereocenters. The standard InChI is InChI=1S/C14H13BrFN3O2/c1-2-21-14(20)9-6-13(18-7-11(9)17)19-12-5-8(15)3-4-10(12)16/h3-7H,2,17H2,1H3,(H,18,19). The zero-order chi connectivity index (χ0) is 15.4. The average Bonchev–Trinajstić information content (AvgIpc) is 2.45. The molecule has 0 amide bonds. The van der Waals surface area contributed by atoms with Crippen molar-refractivity contribution in [1.82, 2.24) is 4.98 Å². The predicted octanol–water partition coefficient (Wildman–Crippen LogP) is 3.49. The molecule has 0 bridgehead atoms. The first-order chi connectivity index (χ1) is 10.0. The Morgan fingerprint density at radius 3 is 2.95 bits per heavy atom. The SMILES string of the molecule is CCOC(=O)c1cc(Nc2cc(Br)ccc2F)ncc1N. The van der Waals surface area contributed by atoms with Crippen molar-refractivity contribution in [3.63, 3.8) is 0 Å². The zero-order valence-electron chi connectivity index (χ0n) is 11.2. The van der Waals surface area contributed by atoms with Gasteiger partial charge in [0.25, 0.3) is 0 Å². The Morgan fingerprint density at radius 2 is 2.24 bits per heavy atom. The number of nitrogen functional groups attached to an aromatic ring is 1. The van der Waals surface area contributed by atoms with Gasteiger partial charge in [0, 0.05) is 4.47 Å². The van der Waals surface area contributed by atoms with Crippen LogP contribution in [0.4, 0.5) is 21.6 Å². The number of pyridine rings is 1. The molecule has 0 unspecified atom stereocenters. The van der Waals surface area contributed by atoms with Crippen molar-refractivity contribution >= 4 is 39.1 Å². The predicted molar refractivity (Wildman–Crippen MR) is 82.0 cm³/mol. The maximum absolute atomic E-state index is 13.7. The van der Waals surface area contributed by atoms with Gasteiger partial charge in [-0.3, -0.25) is 0 Å². The zero-order valence-corrected chi connectivity index (χ0v) is 12.8. The molecule has 110 valence electrons. The molecule has 0 radical (unpaired) electrons. The Kier molecular flexibility index (Phi) is 4.74. The van der Waals surface area contributed by atoms with Crippen LogP contribution in [0, 0.1) is 5.82 Å². The summed E-state index contributed by atoms with van der Waals surface area (Å²) in [5.74, 6) is -0.686. The molecule has 2 rings (SSSR count). The molecule has 7 heteroatoms. The van der Waals surface area contributed by atoms with Crippen LogP contribution in [0.2, 0.25) is 0 Å². The topological polar surface area (TPSA) is 77.2 Å². The van der Waals surface area contributed by atoms with Crippen LogP contribution >= 0.6 is 15.9 Å². The molecule has 1 aromatic carbocycles. The van der Waals surface area contributed by atoms with Crippen LogP contribution in [0.25, 0.3) is 0 Å². The van der Waals surface area contributed by atoms with E-state index in [2.05, 4.69) is 26.2 Å². The van der Waals surface area contributed by atoms with Gasteiger partial charge in [-0.1, -0.05) is 15.9 Å². The Bertz CT molecular complexity index is 679. The molecule has 5 nitrogen and oxygen atoms in total. The lowest BCUT2D eigenvalue weighted by molar-refractivity contribution is 0.0527. The third-order valence-corrected chi connectivity index (χ3v) is 3.11. The van der Waals surface area contributed by atoms with Crippen molar-refractivity contribution in [2.45, 2.75) is 6.92 Å². The van der Waals surface area contributed by atoms with E-state index in [0.717, 1.165) is 0 Å². The molecule has 0 saturated heterocycles. The monoisotopic (exact) mass is 353 g/mol. The number of hydrogen-bond acceptors (Lipinski definition) is 5. The van der Waals surface area contributed by atoms with Crippen molar-refractivity contribution < 1.29 is 13.9 Å². The van der Waals surface area contributed by atoms with Crippen molar-refractivity contribution in [2.24, 2.45) is 0 Å². The minimum absolute atomic E-state index is 0.185. The number of esters is 1. The summed E-state index contributed by atoms with van der Waals surface area (Å²) >= 11 is 3.26. The van der Waals surface area contributed by atoms with Crippen LogP contribution in [-0.2, 0) is 4.74 Å². The van der Waals surface area contributed by atoms with E-state index in [1.54, 1.807) is 19.1 Å². The first kappa shape index (κ1) is 15.2. The Hall–Kier alpha value is -2.15. The summed E-state index contributed by atoms with van der Waals surface area (Å²) in [5.41, 5.74) is 6.32. The summed E-state index contributed by atoms with van der Waals surface area (Å²) in [6, 6.07) is 5.89. The van der Waals surface area contributed by atoms with Gasteiger partial charge in [0.05, 0.1) is 29.7 Å². The van der Waals surface area contributed by atoms with Crippen molar-refractivity contribution in [2.75, 3.05) is 17.7 Å². The van der Waals surface area contributed by atoms with Crippen LogP contribution in [0.3, 0.4) is 0 Å². The Morgan fingerprint density at radius 1 is 1.48 bits per heavy atom. The van der Waals surface area contributed by atoms with E-state index >= 15 is 0 Å². The number of carbonyl (C=O) groups excluding carboxylic acids is 1. The van der Waals surface area contributed by atoms with Gasteiger partial charge in [0.2, 0.25) is 0 Å². The molecule has 3 N–H and O–H groups in total. The summed E-state index contributed by atoms with van der Waals surface area (Å²) in [6.07, 6.45) is 1.32. The number of ether oxygens (including phenoxy) is 1. The molecule has 21 heavy (non-hydrogen) atoms. The smallest absolute Gasteiger partial charge is 0.340 e. The van der Waals surface area contributed by atoms with Gasteiger partial charge < -0.3 is 15.8 Å². The molecule has 0 saturated carbocycles. The minimum Gasteiger partial charge on any atom is -0.462 e. The normalized spacial score (nSPS) is 10.2. The first-order valence-electron chi connectivity index (χ1n) is 6.16. The molecule has 0 aliphatic carbocycles. The van der Waals surface area contributed by atoms with E-state index in [1.807, 2.05) is 0 Å². The number of halogens is 2. The highest BCUT2D eigenvalue weighted by Gasteiger charge is 2.13. The second-order valence-corrected chi connectivity index (χ2v) is 5.04. The lowest BCUT2D eigenvalue weighted by Crippen LogP contribution is -2.09. The van der Waals surface area contributed by atoms with Gasteiger partial charge in [0.1, 0.15) is 11.6 Å². The third-order valence-electron chi connectivity index (χ3n) is 2.62. The first-order valence-corrected chi connectivity index (χ1v) is 6.95. The molecule has 0 aliphatic heterocycles. The fourth-order valence-corrected chi connectivity index (χ4v) is 2.01. The van der Waals surface area contributed by atoms with E-state index in [1.165, 1.54) is 18.3 Å². The highest BCUT2D eigenvalue weighted by atomic mass is 79.9.